The molecular formula is C35H62N2O6+2. The van der Waals surface area contributed by atoms with E-state index in [9.17, 15) is 9.59 Å². The highest BCUT2D eigenvalue weighted by Gasteiger charge is 2.60. The van der Waals surface area contributed by atoms with Gasteiger partial charge in [-0.25, -0.2) is 9.59 Å². The van der Waals surface area contributed by atoms with Crippen molar-refractivity contribution in [3.8, 4) is 0 Å². The normalized spacial score (nSPS) is 33.9. The molecule has 0 radical (unpaired) electrons. The minimum Gasteiger partial charge on any atom is -0.431 e. The maximum atomic E-state index is 12.9. The molecule has 0 saturated heterocycles. The number of allylic oxidation sites excluding steroid dienone is 1. The van der Waals surface area contributed by atoms with Crippen molar-refractivity contribution in [1.29, 1.82) is 0 Å². The Kier molecular flexibility index (Phi) is 10.8. The van der Waals surface area contributed by atoms with Crippen LogP contribution in [-0.2, 0) is 18.9 Å². The zero-order chi connectivity index (χ0) is 31.5. The standard InChI is InChI=1S/C35H62N2O6/c1-9-36(10-2,11-3)24-40-32(38)42-27-19-21-34(7)26(23-27)15-16-28-29-17-18-31(35(29,8)22-20-30(28)34)43-33(39)41-25-37(12-4,13-5)14-6/h15,27-31H,9-14,16-25H2,1-8H3/q+2/t27-,28+,29+,30+,31+,34+,35+/m1/s1. The lowest BCUT2D eigenvalue weighted by molar-refractivity contribution is -0.939. The van der Waals surface area contributed by atoms with Crippen LogP contribution in [0, 0.1) is 28.6 Å². The first kappa shape index (κ1) is 34.1. The molecule has 0 heterocycles. The number of hydrogen-bond donors (Lipinski definition) is 0. The van der Waals surface area contributed by atoms with E-state index < -0.39 is 12.3 Å². The summed E-state index contributed by atoms with van der Waals surface area (Å²) >= 11 is 0. The van der Waals surface area contributed by atoms with Gasteiger partial charge in [0, 0.05) is 11.8 Å². The predicted molar refractivity (Wildman–Crippen MR) is 168 cm³/mol. The lowest BCUT2D eigenvalue weighted by atomic mass is 9.48. The topological polar surface area (TPSA) is 71.1 Å². The predicted octanol–water partition coefficient (Wildman–Crippen LogP) is 7.66. The molecule has 0 aromatic carbocycles. The second-order valence-electron chi connectivity index (χ2n) is 14.6. The molecular weight excluding hydrogens is 544 g/mol. The molecule has 0 spiro atoms. The molecule has 3 fully saturated rings. The van der Waals surface area contributed by atoms with Gasteiger partial charge in [-0.05, 0) is 110 Å². The summed E-state index contributed by atoms with van der Waals surface area (Å²) in [5, 5.41) is 0. The number of ether oxygens (including phenoxy) is 4. The SMILES string of the molecule is CC[N+](CC)(CC)COC(=O)O[C@@H]1CC[C@@]2(C)C(=CC[C@H]3[C@@H]4CC[C@H](OC(=O)OC[N+](CC)(CC)CC)[C@@]4(C)CC[C@@H]32)C1. The molecule has 4 aliphatic carbocycles. The summed E-state index contributed by atoms with van der Waals surface area (Å²) in [5.74, 6) is 1.78. The molecule has 0 unspecified atom stereocenters. The molecule has 4 rings (SSSR count). The molecule has 0 aromatic rings. The molecule has 7 atom stereocenters. The zero-order valence-electron chi connectivity index (χ0n) is 28.6. The van der Waals surface area contributed by atoms with Gasteiger partial charge in [-0.2, -0.15) is 0 Å². The van der Waals surface area contributed by atoms with Gasteiger partial charge in [0.2, 0.25) is 13.5 Å². The summed E-state index contributed by atoms with van der Waals surface area (Å²) in [5.41, 5.74) is 1.62. The molecule has 3 saturated carbocycles. The highest BCUT2D eigenvalue weighted by Crippen LogP contribution is 2.65. The number of quaternary nitrogens is 2. The van der Waals surface area contributed by atoms with Crippen LogP contribution in [0.3, 0.4) is 0 Å². The molecule has 246 valence electrons. The van der Waals surface area contributed by atoms with E-state index in [0.717, 1.165) is 99.6 Å². The maximum absolute atomic E-state index is 12.9. The highest BCUT2D eigenvalue weighted by atomic mass is 16.7. The fourth-order valence-electron chi connectivity index (χ4n) is 9.46. The minimum atomic E-state index is -0.520. The third-order valence-electron chi connectivity index (χ3n) is 13.4. The van der Waals surface area contributed by atoms with Crippen LogP contribution in [0.4, 0.5) is 9.59 Å². The fraction of sp³-hybridized carbons (Fsp3) is 0.886. The molecule has 0 bridgehead atoms. The molecule has 0 N–H and O–H groups in total. The van der Waals surface area contributed by atoms with Gasteiger partial charge in [0.1, 0.15) is 12.2 Å². The van der Waals surface area contributed by atoms with E-state index in [2.05, 4.69) is 61.5 Å². The average Bonchev–Trinajstić information content (AvgIpc) is 3.35. The van der Waals surface area contributed by atoms with Crippen molar-refractivity contribution in [1.82, 2.24) is 0 Å². The number of fused-ring (bicyclic) bond motifs is 5. The second-order valence-corrected chi connectivity index (χ2v) is 14.6. The Bertz CT molecular complexity index is 990. The molecule has 43 heavy (non-hydrogen) atoms. The van der Waals surface area contributed by atoms with Gasteiger partial charge in [0.05, 0.1) is 39.3 Å². The molecule has 4 aliphatic rings. The summed E-state index contributed by atoms with van der Waals surface area (Å²) in [6, 6.07) is 0. The summed E-state index contributed by atoms with van der Waals surface area (Å²) in [6.45, 7) is 24.1. The van der Waals surface area contributed by atoms with E-state index in [4.69, 9.17) is 18.9 Å². The Morgan fingerprint density at radius 1 is 0.744 bits per heavy atom. The van der Waals surface area contributed by atoms with Crippen LogP contribution in [0.25, 0.3) is 0 Å². The van der Waals surface area contributed by atoms with Crippen molar-refractivity contribution in [2.24, 2.45) is 28.6 Å². The van der Waals surface area contributed by atoms with Gasteiger partial charge in [-0.15, -0.1) is 0 Å². The minimum absolute atomic E-state index is 0.00136. The highest BCUT2D eigenvalue weighted by molar-refractivity contribution is 5.60. The molecule has 0 amide bonds. The Morgan fingerprint density at radius 2 is 1.30 bits per heavy atom. The van der Waals surface area contributed by atoms with Crippen LogP contribution in [0.1, 0.15) is 107 Å². The number of rotatable bonds is 12. The number of carbonyl (C=O) groups excluding carboxylic acids is 2. The number of hydrogen-bond acceptors (Lipinski definition) is 6. The van der Waals surface area contributed by atoms with E-state index in [1.165, 1.54) is 5.57 Å². The van der Waals surface area contributed by atoms with Crippen molar-refractivity contribution >= 4 is 12.3 Å². The largest absolute Gasteiger partial charge is 0.512 e. The summed E-state index contributed by atoms with van der Waals surface area (Å²) < 4.78 is 24.8. The number of carbonyl (C=O) groups is 2. The third-order valence-corrected chi connectivity index (χ3v) is 13.4. The van der Waals surface area contributed by atoms with Gasteiger partial charge in [0.15, 0.2) is 0 Å². The van der Waals surface area contributed by atoms with Crippen molar-refractivity contribution in [3.05, 3.63) is 11.6 Å². The summed E-state index contributed by atoms with van der Waals surface area (Å²) in [6.07, 6.45) is 9.35. The van der Waals surface area contributed by atoms with Crippen LogP contribution in [0.5, 0.6) is 0 Å². The van der Waals surface area contributed by atoms with Crippen molar-refractivity contribution in [2.75, 3.05) is 52.7 Å². The quantitative estimate of drug-likeness (QED) is 0.0983. The smallest absolute Gasteiger partial charge is 0.431 e. The van der Waals surface area contributed by atoms with Crippen LogP contribution in [-0.4, -0.2) is 86.2 Å². The van der Waals surface area contributed by atoms with E-state index >= 15 is 0 Å². The van der Waals surface area contributed by atoms with Crippen LogP contribution in [0.15, 0.2) is 11.6 Å². The first-order valence-electron chi connectivity index (χ1n) is 17.5. The molecule has 8 heteroatoms. The first-order chi connectivity index (χ1) is 20.5. The monoisotopic (exact) mass is 606 g/mol. The summed E-state index contributed by atoms with van der Waals surface area (Å²) in [7, 11) is 0. The van der Waals surface area contributed by atoms with E-state index in [1.807, 2.05) is 0 Å². The van der Waals surface area contributed by atoms with Gasteiger partial charge in [-0.3, -0.25) is 8.97 Å². The first-order valence-corrected chi connectivity index (χ1v) is 17.5. The zero-order valence-corrected chi connectivity index (χ0v) is 28.6. The lowest BCUT2D eigenvalue weighted by Crippen LogP contribution is -2.52. The van der Waals surface area contributed by atoms with Gasteiger partial charge >= 0.3 is 12.3 Å². The third kappa shape index (κ3) is 6.61. The second kappa shape index (κ2) is 13.7. The van der Waals surface area contributed by atoms with E-state index in [1.54, 1.807) is 0 Å². The fourth-order valence-corrected chi connectivity index (χ4v) is 9.46. The molecule has 0 aromatic heterocycles. The molecule has 8 nitrogen and oxygen atoms in total. The van der Waals surface area contributed by atoms with E-state index in [-0.39, 0.29) is 23.0 Å². The van der Waals surface area contributed by atoms with Crippen LogP contribution < -0.4 is 0 Å². The van der Waals surface area contributed by atoms with Gasteiger partial charge in [-0.1, -0.05) is 25.5 Å². The van der Waals surface area contributed by atoms with Gasteiger partial charge in [0.25, 0.3) is 0 Å². The lowest BCUT2D eigenvalue weighted by Gasteiger charge is -2.57. The Hall–Kier alpha value is -1.80. The Labute approximate surface area is 261 Å². The Balaban J connectivity index is 1.35. The summed E-state index contributed by atoms with van der Waals surface area (Å²) in [4.78, 5) is 25.5. The van der Waals surface area contributed by atoms with Crippen LogP contribution in [0.2, 0.25) is 0 Å². The van der Waals surface area contributed by atoms with Crippen molar-refractivity contribution in [2.45, 2.75) is 119 Å². The Morgan fingerprint density at radius 3 is 1.86 bits per heavy atom. The number of nitrogens with zero attached hydrogens (tertiary/aromatic N) is 2. The average molecular weight is 607 g/mol. The van der Waals surface area contributed by atoms with Gasteiger partial charge < -0.3 is 18.9 Å². The van der Waals surface area contributed by atoms with E-state index in [0.29, 0.717) is 31.2 Å². The molecule has 0 aliphatic heterocycles. The van der Waals surface area contributed by atoms with Crippen molar-refractivity contribution in [3.63, 3.8) is 0 Å². The van der Waals surface area contributed by atoms with Crippen LogP contribution >= 0.6 is 0 Å². The maximum Gasteiger partial charge on any atom is 0.512 e. The van der Waals surface area contributed by atoms with Crippen molar-refractivity contribution < 1.29 is 37.5 Å².